The van der Waals surface area contributed by atoms with E-state index in [4.69, 9.17) is 4.74 Å². The molecule has 5 heteroatoms. The first-order valence-corrected chi connectivity index (χ1v) is 6.85. The summed E-state index contributed by atoms with van der Waals surface area (Å²) in [5.41, 5.74) is -0.710. The van der Waals surface area contributed by atoms with Crippen molar-refractivity contribution in [2.75, 3.05) is 20.3 Å². The highest BCUT2D eigenvalue weighted by atomic mass is 16.5. The number of aliphatic hydroxyl groups is 1. The number of amides is 2. The highest BCUT2D eigenvalue weighted by Crippen LogP contribution is 2.27. The molecule has 0 radical (unpaired) electrons. The molecule has 2 amide bonds. The molecule has 1 unspecified atom stereocenters. The van der Waals surface area contributed by atoms with Gasteiger partial charge in [-0.2, -0.15) is 0 Å². The molecule has 1 fully saturated rings. The molecule has 1 rings (SSSR count). The van der Waals surface area contributed by atoms with Gasteiger partial charge in [0.2, 0.25) is 0 Å². The topological polar surface area (TPSA) is 70.6 Å². The third-order valence-corrected chi connectivity index (χ3v) is 3.56. The molecule has 1 aliphatic rings. The molecule has 1 aliphatic carbocycles. The molecule has 106 valence electrons. The van der Waals surface area contributed by atoms with Crippen LogP contribution in [0.15, 0.2) is 0 Å². The van der Waals surface area contributed by atoms with Gasteiger partial charge in [0, 0.05) is 13.7 Å². The monoisotopic (exact) mass is 258 g/mol. The van der Waals surface area contributed by atoms with Crippen LogP contribution in [0.2, 0.25) is 0 Å². The van der Waals surface area contributed by atoms with Gasteiger partial charge in [-0.3, -0.25) is 0 Å². The van der Waals surface area contributed by atoms with Crippen molar-refractivity contribution in [1.82, 2.24) is 10.6 Å². The number of urea groups is 1. The molecule has 3 N–H and O–H groups in total. The van der Waals surface area contributed by atoms with Gasteiger partial charge in [0.05, 0.1) is 18.2 Å². The van der Waals surface area contributed by atoms with Gasteiger partial charge in [-0.05, 0) is 19.3 Å². The number of carbonyl (C=O) groups is 1. The molecule has 0 heterocycles. The predicted molar refractivity (Wildman–Crippen MR) is 70.5 cm³/mol. The average molecular weight is 258 g/mol. The number of carbonyl (C=O) groups excluding carboxylic acids is 1. The molecule has 0 aromatic heterocycles. The standard InChI is InChI=1S/C13H26N2O3/c1-3-11(9-18-2)15-12(16)14-10-13(17)7-5-4-6-8-13/h11,17H,3-10H2,1-2H3,(H2,14,15,16). The SMILES string of the molecule is CCC(COC)NC(=O)NCC1(O)CCCCC1. The van der Waals surface area contributed by atoms with Crippen molar-refractivity contribution in [3.8, 4) is 0 Å². The number of hydrogen-bond acceptors (Lipinski definition) is 3. The largest absolute Gasteiger partial charge is 0.388 e. The minimum atomic E-state index is -0.710. The lowest BCUT2D eigenvalue weighted by atomic mass is 9.85. The van der Waals surface area contributed by atoms with E-state index in [-0.39, 0.29) is 12.1 Å². The van der Waals surface area contributed by atoms with Crippen molar-refractivity contribution in [1.29, 1.82) is 0 Å². The van der Waals surface area contributed by atoms with Crippen molar-refractivity contribution in [3.05, 3.63) is 0 Å². The van der Waals surface area contributed by atoms with Crippen LogP contribution in [-0.4, -0.2) is 43.0 Å². The molecular formula is C13H26N2O3. The number of ether oxygens (including phenoxy) is 1. The van der Waals surface area contributed by atoms with E-state index in [0.717, 1.165) is 32.1 Å². The maximum atomic E-state index is 11.7. The molecule has 0 aliphatic heterocycles. The Balaban J connectivity index is 2.27. The summed E-state index contributed by atoms with van der Waals surface area (Å²) in [6.07, 6.45) is 5.65. The van der Waals surface area contributed by atoms with Crippen molar-refractivity contribution >= 4 is 6.03 Å². The summed E-state index contributed by atoms with van der Waals surface area (Å²) in [7, 11) is 1.62. The lowest BCUT2D eigenvalue weighted by molar-refractivity contribution is 0.00705. The summed E-state index contributed by atoms with van der Waals surface area (Å²) in [4.78, 5) is 11.7. The number of nitrogens with one attached hydrogen (secondary N) is 2. The predicted octanol–water partition coefficient (Wildman–Crippen LogP) is 1.41. The summed E-state index contributed by atoms with van der Waals surface area (Å²) >= 11 is 0. The van der Waals surface area contributed by atoms with Crippen LogP contribution in [0.25, 0.3) is 0 Å². The summed E-state index contributed by atoms with van der Waals surface area (Å²) in [6.45, 7) is 2.84. The van der Waals surface area contributed by atoms with Crippen molar-refractivity contribution < 1.29 is 14.6 Å². The molecule has 5 nitrogen and oxygen atoms in total. The van der Waals surface area contributed by atoms with Crippen LogP contribution in [0.1, 0.15) is 45.4 Å². The van der Waals surface area contributed by atoms with Crippen molar-refractivity contribution in [2.45, 2.75) is 57.1 Å². The van der Waals surface area contributed by atoms with Gasteiger partial charge in [0.15, 0.2) is 0 Å². The van der Waals surface area contributed by atoms with Crippen LogP contribution in [0, 0.1) is 0 Å². The normalized spacial score (nSPS) is 20.2. The number of rotatable bonds is 6. The fourth-order valence-corrected chi connectivity index (χ4v) is 2.33. The van der Waals surface area contributed by atoms with E-state index in [1.807, 2.05) is 6.92 Å². The van der Waals surface area contributed by atoms with Gasteiger partial charge >= 0.3 is 6.03 Å². The Morgan fingerprint density at radius 1 is 1.39 bits per heavy atom. The summed E-state index contributed by atoms with van der Waals surface area (Å²) in [5, 5.41) is 15.8. The third kappa shape index (κ3) is 5.23. The van der Waals surface area contributed by atoms with E-state index in [9.17, 15) is 9.90 Å². The Kier molecular flexibility index (Phi) is 6.43. The molecule has 18 heavy (non-hydrogen) atoms. The highest BCUT2D eigenvalue weighted by molar-refractivity contribution is 5.74. The fourth-order valence-electron chi connectivity index (χ4n) is 2.33. The van der Waals surface area contributed by atoms with Gasteiger partial charge < -0.3 is 20.5 Å². The van der Waals surface area contributed by atoms with Crippen molar-refractivity contribution in [2.24, 2.45) is 0 Å². The zero-order valence-electron chi connectivity index (χ0n) is 11.5. The van der Waals surface area contributed by atoms with Gasteiger partial charge in [-0.25, -0.2) is 4.79 Å². The lowest BCUT2D eigenvalue weighted by Gasteiger charge is -2.32. The van der Waals surface area contributed by atoms with Crippen molar-refractivity contribution in [3.63, 3.8) is 0 Å². The Hall–Kier alpha value is -0.810. The zero-order chi connectivity index (χ0) is 13.4. The second-order valence-electron chi connectivity index (χ2n) is 5.17. The second-order valence-corrected chi connectivity index (χ2v) is 5.17. The first kappa shape index (κ1) is 15.2. The molecule has 1 saturated carbocycles. The Bertz CT molecular complexity index is 253. The average Bonchev–Trinajstić information content (AvgIpc) is 2.37. The van der Waals surface area contributed by atoms with E-state index in [1.54, 1.807) is 7.11 Å². The second kappa shape index (κ2) is 7.59. The first-order chi connectivity index (χ1) is 8.59. The third-order valence-electron chi connectivity index (χ3n) is 3.56. The van der Waals surface area contributed by atoms with E-state index < -0.39 is 5.60 Å². The van der Waals surface area contributed by atoms with Crippen LogP contribution in [0.5, 0.6) is 0 Å². The Morgan fingerprint density at radius 3 is 2.61 bits per heavy atom. The van der Waals surface area contributed by atoms with Crippen LogP contribution < -0.4 is 10.6 Å². The summed E-state index contributed by atoms with van der Waals surface area (Å²) < 4.78 is 5.02. The van der Waals surface area contributed by atoms with Crippen LogP contribution >= 0.6 is 0 Å². The molecule has 0 saturated heterocycles. The lowest BCUT2D eigenvalue weighted by Crippen LogP contribution is -2.50. The minimum Gasteiger partial charge on any atom is -0.388 e. The molecule has 1 atom stereocenters. The van der Waals surface area contributed by atoms with E-state index >= 15 is 0 Å². The van der Waals surface area contributed by atoms with Crippen LogP contribution in [-0.2, 0) is 4.74 Å². The van der Waals surface area contributed by atoms with E-state index in [1.165, 1.54) is 6.42 Å². The van der Waals surface area contributed by atoms with Gasteiger partial charge in [-0.15, -0.1) is 0 Å². The fraction of sp³-hybridized carbons (Fsp3) is 0.923. The molecular weight excluding hydrogens is 232 g/mol. The van der Waals surface area contributed by atoms with Gasteiger partial charge in [0.1, 0.15) is 0 Å². The van der Waals surface area contributed by atoms with Crippen LogP contribution in [0.4, 0.5) is 4.79 Å². The molecule has 0 aromatic carbocycles. The van der Waals surface area contributed by atoms with E-state index in [0.29, 0.717) is 13.2 Å². The molecule has 0 aromatic rings. The minimum absolute atomic E-state index is 0.0241. The molecule has 0 bridgehead atoms. The summed E-state index contributed by atoms with van der Waals surface area (Å²) in [6, 6.07) is -0.200. The maximum Gasteiger partial charge on any atom is 0.315 e. The van der Waals surface area contributed by atoms with E-state index in [2.05, 4.69) is 10.6 Å². The maximum absolute atomic E-state index is 11.7. The number of methoxy groups -OCH3 is 1. The van der Waals surface area contributed by atoms with Gasteiger partial charge in [0.25, 0.3) is 0 Å². The Morgan fingerprint density at radius 2 is 2.06 bits per heavy atom. The molecule has 0 spiro atoms. The Labute approximate surface area is 109 Å². The van der Waals surface area contributed by atoms with Gasteiger partial charge in [-0.1, -0.05) is 26.2 Å². The summed E-state index contributed by atoms with van der Waals surface area (Å²) in [5.74, 6) is 0. The van der Waals surface area contributed by atoms with Crippen LogP contribution in [0.3, 0.4) is 0 Å². The smallest absolute Gasteiger partial charge is 0.315 e. The highest BCUT2D eigenvalue weighted by Gasteiger charge is 2.29. The zero-order valence-corrected chi connectivity index (χ0v) is 11.5. The number of hydrogen-bond donors (Lipinski definition) is 3. The quantitative estimate of drug-likeness (QED) is 0.674. The first-order valence-electron chi connectivity index (χ1n) is 6.85.